The Bertz CT molecular complexity index is 478. The quantitative estimate of drug-likeness (QED) is 0.847. The number of carbonyl (C=O) groups excluding carboxylic acids is 1. The summed E-state index contributed by atoms with van der Waals surface area (Å²) in [6, 6.07) is 9.32. The van der Waals surface area contributed by atoms with Crippen LogP contribution in [0.5, 0.6) is 0 Å². The molecule has 2 aliphatic rings. The number of fused-ring (bicyclic) bond motifs is 1. The first-order valence-electron chi connectivity index (χ1n) is 7.05. The van der Waals surface area contributed by atoms with Crippen LogP contribution >= 0.6 is 0 Å². The Morgan fingerprint density at radius 1 is 1.35 bits per heavy atom. The van der Waals surface area contributed by atoms with Crippen molar-refractivity contribution in [3.8, 4) is 0 Å². The lowest BCUT2D eigenvalue weighted by Crippen LogP contribution is -2.46. The van der Waals surface area contributed by atoms with Crippen molar-refractivity contribution in [3.05, 3.63) is 35.9 Å². The van der Waals surface area contributed by atoms with Crippen LogP contribution in [0.4, 0.5) is 0 Å². The van der Waals surface area contributed by atoms with E-state index < -0.39 is 12.1 Å². The molecule has 2 heterocycles. The summed E-state index contributed by atoms with van der Waals surface area (Å²) in [5.41, 5.74) is 1.05. The number of aliphatic hydroxyl groups excluding tert-OH is 1. The zero-order valence-corrected chi connectivity index (χ0v) is 11.4. The molecule has 2 fully saturated rings. The van der Waals surface area contributed by atoms with Crippen molar-refractivity contribution in [2.45, 2.75) is 44.1 Å². The lowest BCUT2D eigenvalue weighted by Gasteiger charge is -2.34. The van der Waals surface area contributed by atoms with E-state index in [-0.39, 0.29) is 24.7 Å². The van der Waals surface area contributed by atoms with Crippen LogP contribution in [0.25, 0.3) is 0 Å². The van der Waals surface area contributed by atoms with E-state index in [2.05, 4.69) is 0 Å². The van der Waals surface area contributed by atoms with Gasteiger partial charge in [-0.3, -0.25) is 9.63 Å². The second kappa shape index (κ2) is 5.52. The molecule has 0 bridgehead atoms. The molecule has 0 unspecified atom stereocenters. The number of ether oxygens (including phenoxy) is 1. The van der Waals surface area contributed by atoms with Gasteiger partial charge in [-0.2, -0.15) is 5.06 Å². The summed E-state index contributed by atoms with van der Waals surface area (Å²) in [5.74, 6) is -0.261. The molecule has 0 radical (unpaired) electrons. The van der Waals surface area contributed by atoms with Gasteiger partial charge in [0, 0.05) is 6.42 Å². The van der Waals surface area contributed by atoms with Crippen LogP contribution in [-0.4, -0.2) is 41.0 Å². The lowest BCUT2D eigenvalue weighted by molar-refractivity contribution is -0.237. The molecule has 3 rings (SSSR count). The number of hydroxylamine groups is 2. The predicted molar refractivity (Wildman–Crippen MR) is 71.6 cm³/mol. The first-order valence-corrected chi connectivity index (χ1v) is 7.05. The maximum Gasteiger partial charge on any atom is 0.325 e. The molecule has 5 heteroatoms. The third-order valence-corrected chi connectivity index (χ3v) is 4.01. The van der Waals surface area contributed by atoms with Gasteiger partial charge < -0.3 is 9.84 Å². The average Bonchev–Trinajstić information content (AvgIpc) is 2.94. The fourth-order valence-corrected chi connectivity index (χ4v) is 2.83. The highest BCUT2D eigenvalue weighted by Gasteiger charge is 2.48. The van der Waals surface area contributed by atoms with Crippen LogP contribution in [0, 0.1) is 0 Å². The minimum absolute atomic E-state index is 0.104. The fourth-order valence-electron chi connectivity index (χ4n) is 2.83. The lowest BCUT2D eigenvalue weighted by atomic mass is 10.0. The van der Waals surface area contributed by atoms with Gasteiger partial charge in [-0.25, -0.2) is 0 Å². The highest BCUT2D eigenvalue weighted by atomic mass is 16.7. The van der Waals surface area contributed by atoms with Crippen LogP contribution in [0.15, 0.2) is 30.3 Å². The molecule has 108 valence electrons. The molecule has 0 aliphatic carbocycles. The molecule has 2 aliphatic heterocycles. The summed E-state index contributed by atoms with van der Waals surface area (Å²) in [6.07, 6.45) is 0.208. The predicted octanol–water partition coefficient (Wildman–Crippen LogP) is 1.43. The number of rotatable bonds is 3. The molecule has 0 aromatic heterocycles. The molecule has 0 amide bonds. The van der Waals surface area contributed by atoms with E-state index in [1.807, 2.05) is 37.3 Å². The third kappa shape index (κ3) is 2.32. The van der Waals surface area contributed by atoms with Crippen molar-refractivity contribution in [1.29, 1.82) is 0 Å². The minimum atomic E-state index is -0.551. The Labute approximate surface area is 118 Å². The van der Waals surface area contributed by atoms with Crippen LogP contribution in [0.3, 0.4) is 0 Å². The van der Waals surface area contributed by atoms with Gasteiger partial charge in [0.15, 0.2) is 0 Å². The number of esters is 1. The van der Waals surface area contributed by atoms with Crippen molar-refractivity contribution < 1.29 is 19.5 Å². The van der Waals surface area contributed by atoms with Crippen molar-refractivity contribution in [3.63, 3.8) is 0 Å². The summed E-state index contributed by atoms with van der Waals surface area (Å²) >= 11 is 0. The van der Waals surface area contributed by atoms with Crippen molar-refractivity contribution >= 4 is 5.97 Å². The van der Waals surface area contributed by atoms with Crippen LogP contribution in [0.1, 0.15) is 31.4 Å². The van der Waals surface area contributed by atoms with Crippen molar-refractivity contribution in [2.75, 3.05) is 6.61 Å². The van der Waals surface area contributed by atoms with Gasteiger partial charge in [0.05, 0.1) is 12.1 Å². The molecule has 4 atom stereocenters. The summed E-state index contributed by atoms with van der Waals surface area (Å²) in [7, 11) is 0. The number of hydrogen-bond acceptors (Lipinski definition) is 5. The number of morpholine rings is 1. The maximum absolute atomic E-state index is 11.9. The fraction of sp³-hybridized carbons (Fsp3) is 0.533. The second-order valence-corrected chi connectivity index (χ2v) is 5.29. The monoisotopic (exact) mass is 277 g/mol. The van der Waals surface area contributed by atoms with E-state index in [4.69, 9.17) is 9.57 Å². The van der Waals surface area contributed by atoms with E-state index in [9.17, 15) is 9.90 Å². The van der Waals surface area contributed by atoms with Gasteiger partial charge >= 0.3 is 5.97 Å². The van der Waals surface area contributed by atoms with Gasteiger partial charge in [-0.15, -0.1) is 0 Å². The van der Waals surface area contributed by atoms with Gasteiger partial charge in [0.25, 0.3) is 0 Å². The second-order valence-electron chi connectivity index (χ2n) is 5.29. The highest BCUT2D eigenvalue weighted by Crippen LogP contribution is 2.36. The number of nitrogens with zero attached hydrogens (tertiary/aromatic N) is 1. The molecule has 0 saturated carbocycles. The average molecular weight is 277 g/mol. The van der Waals surface area contributed by atoms with Crippen LogP contribution < -0.4 is 0 Å². The van der Waals surface area contributed by atoms with E-state index in [1.165, 1.54) is 0 Å². The maximum atomic E-state index is 11.9. The SMILES string of the molecule is CC[C@H](O)[C@H]1C[C@@H]2C(=O)OC[C@@H](c3ccccc3)N2O1. The standard InChI is InChI=1S/C15H19NO4/c1-2-13(17)14-8-11-15(18)19-9-12(16(11)20-14)10-6-4-3-5-7-10/h3-7,11-14,17H,2,8-9H2,1H3/t11-,12+,13+,14-/m1/s1. The highest BCUT2D eigenvalue weighted by molar-refractivity contribution is 5.76. The normalized spacial score (nSPS) is 31.7. The first kappa shape index (κ1) is 13.5. The summed E-state index contributed by atoms with van der Waals surface area (Å²) < 4.78 is 5.28. The van der Waals surface area contributed by atoms with Gasteiger partial charge in [0.2, 0.25) is 0 Å². The Balaban J connectivity index is 1.83. The van der Waals surface area contributed by atoms with E-state index >= 15 is 0 Å². The zero-order valence-electron chi connectivity index (χ0n) is 11.4. The Morgan fingerprint density at radius 3 is 2.80 bits per heavy atom. The van der Waals surface area contributed by atoms with Crippen LogP contribution in [0.2, 0.25) is 0 Å². The van der Waals surface area contributed by atoms with Crippen molar-refractivity contribution in [1.82, 2.24) is 5.06 Å². The van der Waals surface area contributed by atoms with E-state index in [0.717, 1.165) is 5.56 Å². The summed E-state index contributed by atoms with van der Waals surface area (Å²) in [4.78, 5) is 17.7. The smallest absolute Gasteiger partial charge is 0.325 e. The Morgan fingerprint density at radius 2 is 2.10 bits per heavy atom. The summed E-state index contributed by atoms with van der Waals surface area (Å²) in [6.45, 7) is 2.19. The minimum Gasteiger partial charge on any atom is -0.462 e. The topological polar surface area (TPSA) is 59.0 Å². The molecule has 1 aromatic carbocycles. The van der Waals surface area contributed by atoms with Crippen molar-refractivity contribution in [2.24, 2.45) is 0 Å². The molecule has 0 spiro atoms. The Kier molecular flexibility index (Phi) is 3.74. The number of carbonyl (C=O) groups is 1. The largest absolute Gasteiger partial charge is 0.462 e. The Hall–Kier alpha value is -1.43. The van der Waals surface area contributed by atoms with Crippen LogP contribution in [-0.2, 0) is 14.4 Å². The van der Waals surface area contributed by atoms with Gasteiger partial charge in [-0.05, 0) is 12.0 Å². The number of cyclic esters (lactones) is 1. The third-order valence-electron chi connectivity index (χ3n) is 4.01. The summed E-state index contributed by atoms with van der Waals surface area (Å²) in [5, 5.41) is 11.7. The molecular weight excluding hydrogens is 258 g/mol. The number of hydrogen-bond donors (Lipinski definition) is 1. The first-order chi connectivity index (χ1) is 9.70. The van der Waals surface area contributed by atoms with Gasteiger partial charge in [0.1, 0.15) is 18.8 Å². The molecule has 1 N–H and O–H groups in total. The number of aliphatic hydroxyl groups is 1. The zero-order chi connectivity index (χ0) is 14.1. The number of benzene rings is 1. The molecular formula is C15H19NO4. The molecule has 5 nitrogen and oxygen atoms in total. The molecule has 20 heavy (non-hydrogen) atoms. The molecule has 1 aromatic rings. The van der Waals surface area contributed by atoms with E-state index in [0.29, 0.717) is 12.8 Å². The van der Waals surface area contributed by atoms with Gasteiger partial charge in [-0.1, -0.05) is 37.3 Å². The van der Waals surface area contributed by atoms with E-state index in [1.54, 1.807) is 5.06 Å². The molecule has 2 saturated heterocycles.